The molecule has 0 aromatic rings. The van der Waals surface area contributed by atoms with E-state index in [2.05, 4.69) is 51.9 Å². The molecule has 6 rings (SSSR count). The Hall–Kier alpha value is -1.63. The number of carbonyl (C=O) groups excluding carboxylic acids is 2. The Kier molecular flexibility index (Phi) is 8.54. The van der Waals surface area contributed by atoms with Gasteiger partial charge in [0.15, 0.2) is 0 Å². The van der Waals surface area contributed by atoms with E-state index in [1.807, 2.05) is 0 Å². The van der Waals surface area contributed by atoms with Gasteiger partial charge in [-0.2, -0.15) is 0 Å². The van der Waals surface area contributed by atoms with Gasteiger partial charge in [-0.25, -0.2) is 0 Å². The SMILES string of the molecule is CN1CC[C@@H](NC(=O)C[C@]23CCC[C@@H]2[C@H]2CCC4[C@@]5(C)CC[C@H](OC(=O)CC(C)(C)C(=O)O)C(C)(C)C5CC[C@@]4(C)[C@]2(C)CC3)C1. The van der Waals surface area contributed by atoms with Crippen LogP contribution in [0.3, 0.4) is 0 Å². The van der Waals surface area contributed by atoms with Gasteiger partial charge in [0.25, 0.3) is 0 Å². The molecule has 46 heavy (non-hydrogen) atoms. The van der Waals surface area contributed by atoms with Gasteiger partial charge in [-0.15, -0.1) is 0 Å². The van der Waals surface area contributed by atoms with Crippen LogP contribution in [-0.4, -0.2) is 60.1 Å². The standard InChI is InChI=1S/C39H64N2O5/c1-34(2,33(44)45)23-32(43)46-30-14-17-36(5)28(35(30,3)4)13-18-38(7)29(36)12-11-26-27-10-9-16-39(27,20-19-37(26,38)6)22-31(42)40-25-15-21-41(8)24-25/h25-30H,9-24H2,1-8H3,(H,40,42)(H,44,45)/t25-,26-,27-,28?,29?,30+,36+,37-,38-,39-/m1/s1. The molecular weight excluding hydrogens is 576 g/mol. The number of carboxylic acid groups (broad SMARTS) is 1. The van der Waals surface area contributed by atoms with E-state index in [-0.39, 0.29) is 45.6 Å². The van der Waals surface area contributed by atoms with Gasteiger partial charge in [-0.3, -0.25) is 14.4 Å². The van der Waals surface area contributed by atoms with Crippen molar-refractivity contribution in [2.45, 2.75) is 151 Å². The van der Waals surface area contributed by atoms with E-state index in [0.717, 1.165) is 45.2 Å². The minimum Gasteiger partial charge on any atom is -0.481 e. The number of carbonyl (C=O) groups is 3. The number of hydrogen-bond donors (Lipinski definition) is 2. The summed E-state index contributed by atoms with van der Waals surface area (Å²) in [6.07, 6.45) is 14.6. The topological polar surface area (TPSA) is 95.9 Å². The highest BCUT2D eigenvalue weighted by Crippen LogP contribution is 2.77. The lowest BCUT2D eigenvalue weighted by Crippen LogP contribution is -2.66. The molecule has 10 atom stereocenters. The van der Waals surface area contributed by atoms with Crippen LogP contribution in [0.25, 0.3) is 0 Å². The molecular formula is C39H64N2O5. The normalized spacial score (nSPS) is 45.1. The maximum absolute atomic E-state index is 13.5. The molecule has 0 aromatic carbocycles. The Bertz CT molecular complexity index is 1230. The predicted molar refractivity (Wildman–Crippen MR) is 180 cm³/mol. The van der Waals surface area contributed by atoms with Gasteiger partial charge in [0.2, 0.25) is 5.91 Å². The molecule has 0 radical (unpaired) electrons. The molecule has 0 spiro atoms. The third-order valence-electron chi connectivity index (χ3n) is 16.2. The van der Waals surface area contributed by atoms with Crippen molar-refractivity contribution in [2.24, 2.45) is 56.2 Å². The molecule has 5 aliphatic carbocycles. The van der Waals surface area contributed by atoms with Crippen molar-refractivity contribution in [3.05, 3.63) is 0 Å². The number of amides is 1. The molecule has 6 fully saturated rings. The fourth-order valence-corrected chi connectivity index (χ4v) is 13.5. The highest BCUT2D eigenvalue weighted by atomic mass is 16.5. The molecule has 7 heteroatoms. The molecule has 0 aromatic heterocycles. The fraction of sp³-hybridized carbons (Fsp3) is 0.923. The zero-order valence-electron chi connectivity index (χ0n) is 30.3. The number of ether oxygens (including phenoxy) is 1. The average molecular weight is 641 g/mol. The van der Waals surface area contributed by atoms with Gasteiger partial charge in [-0.05, 0) is 143 Å². The number of rotatable bonds is 7. The van der Waals surface area contributed by atoms with Crippen molar-refractivity contribution in [3.8, 4) is 0 Å². The van der Waals surface area contributed by atoms with Crippen LogP contribution >= 0.6 is 0 Å². The molecule has 2 N–H and O–H groups in total. The summed E-state index contributed by atoms with van der Waals surface area (Å²) < 4.78 is 6.15. The highest BCUT2D eigenvalue weighted by Gasteiger charge is 2.70. The average Bonchev–Trinajstić information content (AvgIpc) is 3.56. The second kappa shape index (κ2) is 11.5. The molecule has 0 bridgehead atoms. The number of esters is 1. The summed E-state index contributed by atoms with van der Waals surface area (Å²) >= 11 is 0. The Morgan fingerprint density at radius 1 is 0.848 bits per heavy atom. The number of likely N-dealkylation sites (N-methyl/N-ethyl adjacent to an activating group) is 1. The van der Waals surface area contributed by atoms with Crippen molar-refractivity contribution in [1.29, 1.82) is 0 Å². The third-order valence-corrected chi connectivity index (χ3v) is 16.2. The first-order chi connectivity index (χ1) is 21.4. The van der Waals surface area contributed by atoms with Crippen molar-refractivity contribution >= 4 is 17.8 Å². The minimum absolute atomic E-state index is 0.0977. The number of aliphatic carboxylic acids is 1. The van der Waals surface area contributed by atoms with Gasteiger partial charge in [0.1, 0.15) is 6.10 Å². The van der Waals surface area contributed by atoms with Gasteiger partial charge >= 0.3 is 11.9 Å². The maximum atomic E-state index is 13.5. The number of nitrogens with one attached hydrogen (secondary N) is 1. The Balaban J connectivity index is 1.18. The Morgan fingerprint density at radius 3 is 2.26 bits per heavy atom. The summed E-state index contributed by atoms with van der Waals surface area (Å²) in [5, 5.41) is 13.0. The first-order valence-corrected chi connectivity index (χ1v) is 18.8. The van der Waals surface area contributed by atoms with Crippen LogP contribution in [0.4, 0.5) is 0 Å². The van der Waals surface area contributed by atoms with Gasteiger partial charge in [0, 0.05) is 24.4 Å². The Labute approximate surface area is 278 Å². The van der Waals surface area contributed by atoms with Crippen molar-refractivity contribution in [1.82, 2.24) is 10.2 Å². The number of fused-ring (bicyclic) bond motifs is 7. The predicted octanol–water partition coefficient (Wildman–Crippen LogP) is 7.46. The summed E-state index contributed by atoms with van der Waals surface area (Å²) in [5.41, 5.74) is -0.377. The molecule has 6 aliphatic rings. The lowest BCUT2D eigenvalue weighted by atomic mass is 9.32. The van der Waals surface area contributed by atoms with Crippen molar-refractivity contribution in [3.63, 3.8) is 0 Å². The fourth-order valence-electron chi connectivity index (χ4n) is 13.5. The number of nitrogens with zero attached hydrogens (tertiary/aromatic N) is 1. The largest absolute Gasteiger partial charge is 0.481 e. The maximum Gasteiger partial charge on any atom is 0.309 e. The number of hydrogen-bond acceptors (Lipinski definition) is 5. The van der Waals surface area contributed by atoms with Crippen LogP contribution in [0.2, 0.25) is 0 Å². The second-order valence-corrected chi connectivity index (χ2v) is 19.2. The molecule has 260 valence electrons. The Morgan fingerprint density at radius 2 is 1.59 bits per heavy atom. The van der Waals surface area contributed by atoms with E-state index >= 15 is 0 Å². The molecule has 5 saturated carbocycles. The number of likely N-dealkylation sites (tertiary alicyclic amines) is 1. The van der Waals surface area contributed by atoms with Crippen LogP contribution in [0.15, 0.2) is 0 Å². The summed E-state index contributed by atoms with van der Waals surface area (Å²) in [6, 6.07) is 0.312. The number of carboxylic acids is 1. The van der Waals surface area contributed by atoms with Gasteiger partial charge in [-0.1, -0.05) is 41.0 Å². The van der Waals surface area contributed by atoms with Crippen LogP contribution in [-0.2, 0) is 19.1 Å². The first kappa shape index (κ1) is 34.2. The summed E-state index contributed by atoms with van der Waals surface area (Å²) in [4.78, 5) is 40.5. The van der Waals surface area contributed by atoms with Crippen LogP contribution < -0.4 is 5.32 Å². The quantitative estimate of drug-likeness (QED) is 0.281. The van der Waals surface area contributed by atoms with E-state index in [9.17, 15) is 19.5 Å². The summed E-state index contributed by atoms with van der Waals surface area (Å²) in [7, 11) is 2.15. The molecule has 1 heterocycles. The van der Waals surface area contributed by atoms with Crippen LogP contribution in [0.1, 0.15) is 138 Å². The van der Waals surface area contributed by atoms with Gasteiger partial charge in [0.05, 0.1) is 11.8 Å². The monoisotopic (exact) mass is 640 g/mol. The molecule has 1 amide bonds. The summed E-state index contributed by atoms with van der Waals surface area (Å²) in [6.45, 7) is 17.8. The highest BCUT2D eigenvalue weighted by molar-refractivity contribution is 5.81. The van der Waals surface area contributed by atoms with E-state index in [1.165, 1.54) is 51.4 Å². The molecule has 2 unspecified atom stereocenters. The minimum atomic E-state index is -1.13. The molecule has 1 aliphatic heterocycles. The van der Waals surface area contributed by atoms with E-state index in [4.69, 9.17) is 4.74 Å². The van der Waals surface area contributed by atoms with E-state index in [1.54, 1.807) is 13.8 Å². The first-order valence-electron chi connectivity index (χ1n) is 18.8. The second-order valence-electron chi connectivity index (χ2n) is 19.2. The van der Waals surface area contributed by atoms with Crippen molar-refractivity contribution in [2.75, 3.05) is 20.1 Å². The summed E-state index contributed by atoms with van der Waals surface area (Å²) in [5.74, 6) is 1.41. The van der Waals surface area contributed by atoms with E-state index in [0.29, 0.717) is 35.6 Å². The van der Waals surface area contributed by atoms with E-state index < -0.39 is 11.4 Å². The van der Waals surface area contributed by atoms with Crippen LogP contribution in [0.5, 0.6) is 0 Å². The smallest absolute Gasteiger partial charge is 0.309 e. The molecule has 7 nitrogen and oxygen atoms in total. The third kappa shape index (κ3) is 5.26. The van der Waals surface area contributed by atoms with Gasteiger partial charge < -0.3 is 20.1 Å². The zero-order chi connectivity index (χ0) is 33.5. The lowest BCUT2D eigenvalue weighted by molar-refractivity contribution is -0.248. The lowest BCUT2D eigenvalue weighted by Gasteiger charge is -2.72. The molecule has 1 saturated heterocycles. The van der Waals surface area contributed by atoms with Crippen molar-refractivity contribution < 1.29 is 24.2 Å². The zero-order valence-corrected chi connectivity index (χ0v) is 30.3. The van der Waals surface area contributed by atoms with Crippen LogP contribution in [0, 0.1) is 56.2 Å².